The minimum absolute atomic E-state index is 0.624. The summed E-state index contributed by atoms with van der Waals surface area (Å²) in [6.45, 7) is 0.693. The second-order valence-electron chi connectivity index (χ2n) is 4.55. The zero-order valence-electron chi connectivity index (χ0n) is 11.7. The number of rotatable bonds is 4. The quantitative estimate of drug-likeness (QED) is 0.456. The summed E-state index contributed by atoms with van der Waals surface area (Å²) in [4.78, 5) is 20.3. The highest BCUT2D eigenvalue weighted by atomic mass is 32.1. The molecule has 0 fully saturated rings. The number of benzene rings is 1. The molecule has 0 bridgehead atoms. The van der Waals surface area contributed by atoms with Crippen molar-refractivity contribution in [1.82, 2.24) is 9.97 Å². The zero-order chi connectivity index (χ0) is 15.2. The van der Waals surface area contributed by atoms with E-state index < -0.39 is 0 Å². The van der Waals surface area contributed by atoms with Gasteiger partial charge in [-0.2, -0.15) is 0 Å². The van der Waals surface area contributed by atoms with Crippen LogP contribution in [0.5, 0.6) is 0 Å². The number of hydrogen-bond acceptors (Lipinski definition) is 5. The van der Waals surface area contributed by atoms with E-state index in [-0.39, 0.29) is 0 Å². The fourth-order valence-electron chi connectivity index (χ4n) is 2.05. The molecule has 1 N–H and O–H groups in total. The highest BCUT2D eigenvalue weighted by Gasteiger charge is 2.02. The predicted octanol–water partition coefficient (Wildman–Crippen LogP) is 3.36. The molecule has 0 atom stereocenters. The van der Waals surface area contributed by atoms with E-state index >= 15 is 0 Å². The van der Waals surface area contributed by atoms with Crippen molar-refractivity contribution in [2.45, 2.75) is 6.42 Å². The summed E-state index contributed by atoms with van der Waals surface area (Å²) in [7, 11) is 0. The highest BCUT2D eigenvalue weighted by Crippen LogP contribution is 2.23. The molecule has 0 radical (unpaired) electrons. The second-order valence-corrected chi connectivity index (χ2v) is 5.44. The van der Waals surface area contributed by atoms with Crippen LogP contribution in [0.2, 0.25) is 0 Å². The molecular formula is C17H13N3OS. The Morgan fingerprint density at radius 1 is 1.23 bits per heavy atom. The SMILES string of the molecule is O=Cc1ccccc1C#CCCNc1ncnc2sccc12. The molecule has 0 aliphatic rings. The number of anilines is 1. The maximum absolute atomic E-state index is 10.9. The number of carbonyl (C=O) groups is 1. The number of nitrogens with one attached hydrogen (secondary N) is 1. The van der Waals surface area contributed by atoms with Crippen LogP contribution in [0.4, 0.5) is 5.82 Å². The third kappa shape index (κ3) is 3.13. The van der Waals surface area contributed by atoms with Gasteiger partial charge in [-0.1, -0.05) is 30.0 Å². The van der Waals surface area contributed by atoms with Crippen molar-refractivity contribution in [2.75, 3.05) is 11.9 Å². The van der Waals surface area contributed by atoms with E-state index in [1.807, 2.05) is 29.6 Å². The molecule has 108 valence electrons. The van der Waals surface area contributed by atoms with E-state index in [1.54, 1.807) is 23.7 Å². The van der Waals surface area contributed by atoms with Crippen molar-refractivity contribution >= 4 is 33.7 Å². The largest absolute Gasteiger partial charge is 0.368 e. The minimum Gasteiger partial charge on any atom is -0.368 e. The first kappa shape index (κ1) is 14.2. The zero-order valence-corrected chi connectivity index (χ0v) is 12.6. The van der Waals surface area contributed by atoms with Crippen LogP contribution in [0.3, 0.4) is 0 Å². The van der Waals surface area contributed by atoms with E-state index in [2.05, 4.69) is 27.1 Å². The first-order valence-electron chi connectivity index (χ1n) is 6.83. The van der Waals surface area contributed by atoms with Gasteiger partial charge < -0.3 is 5.32 Å². The lowest BCUT2D eigenvalue weighted by molar-refractivity contribution is 0.112. The summed E-state index contributed by atoms with van der Waals surface area (Å²) in [6, 6.07) is 9.34. The van der Waals surface area contributed by atoms with Gasteiger partial charge in [-0.05, 0) is 17.5 Å². The van der Waals surface area contributed by atoms with Crippen LogP contribution in [0.25, 0.3) is 10.2 Å². The first-order chi connectivity index (χ1) is 10.9. The van der Waals surface area contributed by atoms with Crippen molar-refractivity contribution in [3.05, 3.63) is 53.2 Å². The lowest BCUT2D eigenvalue weighted by atomic mass is 10.1. The smallest absolute Gasteiger partial charge is 0.151 e. The standard InChI is InChI=1S/C17H13N3OS/c21-11-14-7-2-1-5-13(14)6-3-4-9-18-16-15-8-10-22-17(15)20-12-19-16/h1-2,5,7-8,10-12H,4,9H2,(H,18,19,20). The van der Waals surface area contributed by atoms with Gasteiger partial charge in [0.05, 0.1) is 5.39 Å². The summed E-state index contributed by atoms with van der Waals surface area (Å²) >= 11 is 1.59. The number of nitrogens with zero attached hydrogens (tertiary/aromatic N) is 2. The Balaban J connectivity index is 1.62. The van der Waals surface area contributed by atoms with Crippen molar-refractivity contribution in [2.24, 2.45) is 0 Å². The summed E-state index contributed by atoms with van der Waals surface area (Å²) in [6.07, 6.45) is 3.06. The fourth-order valence-corrected chi connectivity index (χ4v) is 2.78. The number of fused-ring (bicyclic) bond motifs is 1. The average Bonchev–Trinajstić information content (AvgIpc) is 3.04. The van der Waals surface area contributed by atoms with Gasteiger partial charge in [0, 0.05) is 24.1 Å². The van der Waals surface area contributed by atoms with E-state index in [1.165, 1.54) is 0 Å². The first-order valence-corrected chi connectivity index (χ1v) is 7.71. The maximum Gasteiger partial charge on any atom is 0.151 e. The predicted molar refractivity (Wildman–Crippen MR) is 89.2 cm³/mol. The molecule has 0 aliphatic carbocycles. The van der Waals surface area contributed by atoms with Gasteiger partial charge in [-0.15, -0.1) is 11.3 Å². The Kier molecular flexibility index (Phi) is 4.42. The second kappa shape index (κ2) is 6.83. The van der Waals surface area contributed by atoms with Gasteiger partial charge in [0.25, 0.3) is 0 Å². The number of aromatic nitrogens is 2. The summed E-state index contributed by atoms with van der Waals surface area (Å²) in [5, 5.41) is 6.31. The Hall–Kier alpha value is -2.71. The van der Waals surface area contributed by atoms with E-state index in [9.17, 15) is 4.79 Å². The van der Waals surface area contributed by atoms with Crippen molar-refractivity contribution in [3.8, 4) is 11.8 Å². The van der Waals surface area contributed by atoms with Gasteiger partial charge in [0.15, 0.2) is 6.29 Å². The topological polar surface area (TPSA) is 54.9 Å². The summed E-state index contributed by atoms with van der Waals surface area (Å²) < 4.78 is 0. The minimum atomic E-state index is 0.624. The van der Waals surface area contributed by atoms with Gasteiger partial charge in [-0.3, -0.25) is 4.79 Å². The number of carbonyl (C=O) groups excluding carboxylic acids is 1. The third-order valence-corrected chi connectivity index (χ3v) is 3.94. The molecule has 0 amide bonds. The highest BCUT2D eigenvalue weighted by molar-refractivity contribution is 7.16. The molecule has 0 spiro atoms. The molecule has 1 aromatic carbocycles. The Morgan fingerprint density at radius 3 is 3.05 bits per heavy atom. The van der Waals surface area contributed by atoms with E-state index in [0.29, 0.717) is 18.5 Å². The molecule has 5 heteroatoms. The lowest BCUT2D eigenvalue weighted by Crippen LogP contribution is -2.02. The molecule has 0 saturated heterocycles. The molecule has 0 unspecified atom stereocenters. The average molecular weight is 307 g/mol. The van der Waals surface area contributed by atoms with Crippen molar-refractivity contribution in [3.63, 3.8) is 0 Å². The van der Waals surface area contributed by atoms with Crippen LogP contribution in [0.15, 0.2) is 42.0 Å². The third-order valence-electron chi connectivity index (χ3n) is 3.11. The maximum atomic E-state index is 10.9. The lowest BCUT2D eigenvalue weighted by Gasteiger charge is -2.03. The van der Waals surface area contributed by atoms with Crippen molar-refractivity contribution < 1.29 is 4.79 Å². The van der Waals surface area contributed by atoms with E-state index in [4.69, 9.17) is 0 Å². The van der Waals surface area contributed by atoms with Crippen LogP contribution >= 0.6 is 11.3 Å². The van der Waals surface area contributed by atoms with Crippen LogP contribution in [-0.4, -0.2) is 22.8 Å². The van der Waals surface area contributed by atoms with Gasteiger partial charge in [0.2, 0.25) is 0 Å². The molecule has 0 saturated carbocycles. The monoisotopic (exact) mass is 307 g/mol. The summed E-state index contributed by atoms with van der Waals surface area (Å²) in [5.74, 6) is 6.94. The fraction of sp³-hybridized carbons (Fsp3) is 0.118. The van der Waals surface area contributed by atoms with Crippen LogP contribution in [-0.2, 0) is 0 Å². The van der Waals surface area contributed by atoms with Crippen molar-refractivity contribution in [1.29, 1.82) is 0 Å². The van der Waals surface area contributed by atoms with E-state index in [0.717, 1.165) is 27.9 Å². The summed E-state index contributed by atoms with van der Waals surface area (Å²) in [5.41, 5.74) is 1.39. The molecule has 3 rings (SSSR count). The van der Waals surface area contributed by atoms with Gasteiger partial charge in [0.1, 0.15) is 17.0 Å². The molecule has 3 aromatic rings. The molecular weight excluding hydrogens is 294 g/mol. The number of aldehydes is 1. The Labute approximate surface area is 132 Å². The molecule has 2 heterocycles. The Morgan fingerprint density at radius 2 is 2.14 bits per heavy atom. The molecule has 4 nitrogen and oxygen atoms in total. The normalized spacial score (nSPS) is 10.0. The number of thiophene rings is 1. The van der Waals surface area contributed by atoms with Crippen LogP contribution in [0, 0.1) is 11.8 Å². The Bertz CT molecular complexity index is 861. The number of hydrogen-bond donors (Lipinski definition) is 1. The molecule has 22 heavy (non-hydrogen) atoms. The van der Waals surface area contributed by atoms with Crippen LogP contribution in [0.1, 0.15) is 22.3 Å². The van der Waals surface area contributed by atoms with Gasteiger partial charge >= 0.3 is 0 Å². The molecule has 2 aromatic heterocycles. The molecule has 0 aliphatic heterocycles. The van der Waals surface area contributed by atoms with Crippen LogP contribution < -0.4 is 5.32 Å². The van der Waals surface area contributed by atoms with Gasteiger partial charge in [-0.25, -0.2) is 9.97 Å².